The van der Waals surface area contributed by atoms with Gasteiger partial charge in [-0.25, -0.2) is 0 Å². The quantitative estimate of drug-likeness (QED) is 0.0384. The summed E-state index contributed by atoms with van der Waals surface area (Å²) in [5.41, 5.74) is 10.8. The van der Waals surface area contributed by atoms with E-state index in [4.69, 9.17) is 16.6 Å². The first-order chi connectivity index (χ1) is 31.4. The van der Waals surface area contributed by atoms with Crippen molar-refractivity contribution in [3.63, 3.8) is 0 Å². The third-order valence-corrected chi connectivity index (χ3v) is 9.76. The summed E-state index contributed by atoms with van der Waals surface area (Å²) in [6.45, 7) is 11.7. The topological polar surface area (TPSA) is 293 Å². The molecule has 0 fully saturated rings. The van der Waals surface area contributed by atoms with Crippen molar-refractivity contribution in [1.29, 1.82) is 0 Å². The van der Waals surface area contributed by atoms with Crippen LogP contribution in [0.15, 0.2) is 0 Å². The molecule has 0 heterocycles. The fraction of sp³-hybridized carbons (Fsp3) is 0.830. The maximum absolute atomic E-state index is 11.7. The molecule has 380 valence electrons. The molecule has 0 saturated heterocycles. The second-order valence-corrected chi connectivity index (χ2v) is 16.1. The van der Waals surface area contributed by atoms with Crippen LogP contribution in [0, 0.1) is 0 Å². The van der Waals surface area contributed by atoms with Gasteiger partial charge in [0.1, 0.15) is 0 Å². The largest absolute Gasteiger partial charge is 0.481 e. The third-order valence-electron chi connectivity index (χ3n) is 9.76. The van der Waals surface area contributed by atoms with Crippen molar-refractivity contribution >= 4 is 47.3 Å². The Bertz CT molecular complexity index is 1230. The van der Waals surface area contributed by atoms with Crippen molar-refractivity contribution in [2.45, 2.75) is 194 Å². The Balaban J connectivity index is -0.000000910. The van der Waals surface area contributed by atoms with Crippen LogP contribution < -0.4 is 48.7 Å². The summed E-state index contributed by atoms with van der Waals surface area (Å²) < 4.78 is 0. The van der Waals surface area contributed by atoms with Crippen LogP contribution in [0.4, 0.5) is 0 Å². The summed E-state index contributed by atoms with van der Waals surface area (Å²) >= 11 is 0. The lowest BCUT2D eigenvalue weighted by molar-refractivity contribution is -0.139. The standard InChI is InChI=1S/C20H40N4O3.C14H26N2O4.C13H27N3O2/c1-2-3-4-6-9-16-23-20(27)13-17-24-19(26)12-11-18(25)22-15-10-7-5-8-14-21;1-2-3-4-5-6-10-15-13(18)9-11-16-12(17)7-8-14(19)20;1-2-10-15-12(17)7-8-13(18)16-11-6-4-3-5-9-14/h2-17,21H2,1H3,(H,22,25)(H,23,27)(H,24,26);2-11H2,1H3,(H,15,18)(H,16,17)(H,19,20);2-11,14H2,1H3,(H,15,17)(H,16,18). The molecule has 0 spiro atoms. The van der Waals surface area contributed by atoms with E-state index in [1.54, 1.807) is 0 Å². The Morgan fingerprint density at radius 1 is 0.292 bits per heavy atom. The van der Waals surface area contributed by atoms with Gasteiger partial charge in [-0.2, -0.15) is 0 Å². The fourth-order valence-electron chi connectivity index (χ4n) is 5.80. The van der Waals surface area contributed by atoms with Crippen LogP contribution >= 0.6 is 0 Å². The molecule has 0 bridgehead atoms. The van der Waals surface area contributed by atoms with Gasteiger partial charge in [-0.1, -0.05) is 97.8 Å². The Kier molecular flexibility index (Phi) is 52.3. The molecule has 0 aliphatic heterocycles. The maximum Gasteiger partial charge on any atom is 0.303 e. The number of hydrogen-bond donors (Lipinski definition) is 10. The minimum atomic E-state index is -0.999. The highest BCUT2D eigenvalue weighted by molar-refractivity contribution is 5.85. The van der Waals surface area contributed by atoms with E-state index in [1.165, 1.54) is 38.5 Å². The van der Waals surface area contributed by atoms with Crippen molar-refractivity contribution in [1.82, 2.24) is 37.2 Å². The van der Waals surface area contributed by atoms with Crippen LogP contribution in [0.1, 0.15) is 194 Å². The van der Waals surface area contributed by atoms with Gasteiger partial charge >= 0.3 is 5.97 Å². The first-order valence-electron chi connectivity index (χ1n) is 24.8. The van der Waals surface area contributed by atoms with Crippen LogP contribution in [-0.4, -0.2) is 111 Å². The number of rotatable bonds is 41. The summed E-state index contributed by atoms with van der Waals surface area (Å²) in [5, 5.41) is 27.7. The number of aliphatic carboxylic acids is 1. The van der Waals surface area contributed by atoms with Crippen LogP contribution in [0.5, 0.6) is 0 Å². The number of unbranched alkanes of at least 4 members (excludes halogenated alkanes) is 14. The number of carbonyl (C=O) groups is 8. The van der Waals surface area contributed by atoms with E-state index < -0.39 is 5.97 Å². The van der Waals surface area contributed by atoms with Gasteiger partial charge in [-0.15, -0.1) is 0 Å². The van der Waals surface area contributed by atoms with Crippen molar-refractivity contribution in [3.05, 3.63) is 0 Å². The molecule has 0 aromatic carbocycles. The fourth-order valence-corrected chi connectivity index (χ4v) is 5.80. The van der Waals surface area contributed by atoms with Gasteiger partial charge in [-0.05, 0) is 58.0 Å². The average Bonchev–Trinajstić information content (AvgIpc) is 3.28. The molecule has 0 rings (SSSR count). The van der Waals surface area contributed by atoms with E-state index in [0.717, 1.165) is 90.0 Å². The van der Waals surface area contributed by atoms with Gasteiger partial charge in [-0.3, -0.25) is 38.4 Å². The molecule has 0 aromatic rings. The molecule has 0 aliphatic rings. The molecule has 0 aromatic heterocycles. The lowest BCUT2D eigenvalue weighted by atomic mass is 10.1. The van der Waals surface area contributed by atoms with E-state index in [-0.39, 0.29) is 99.3 Å². The summed E-state index contributed by atoms with van der Waals surface area (Å²) in [5.74, 6) is -1.85. The van der Waals surface area contributed by atoms with E-state index in [2.05, 4.69) is 51.1 Å². The zero-order valence-corrected chi connectivity index (χ0v) is 40.8. The van der Waals surface area contributed by atoms with E-state index in [0.29, 0.717) is 45.8 Å². The summed E-state index contributed by atoms with van der Waals surface area (Å²) in [6, 6.07) is 0. The Morgan fingerprint density at radius 2 is 0.538 bits per heavy atom. The van der Waals surface area contributed by atoms with E-state index in [9.17, 15) is 38.4 Å². The predicted molar refractivity (Wildman–Crippen MR) is 258 cm³/mol. The van der Waals surface area contributed by atoms with Crippen molar-refractivity contribution in [2.75, 3.05) is 58.9 Å². The zero-order chi connectivity index (χ0) is 49.0. The SMILES string of the molecule is CCCCCCCNC(=O)CCNC(=O)CCC(=O)NCCCCCCN.CCCCCCCNC(=O)CCNC(=O)CCC(=O)O.CCCNC(=O)CCC(=O)NCCCCCCN. The second-order valence-electron chi connectivity index (χ2n) is 16.1. The van der Waals surface area contributed by atoms with Crippen molar-refractivity contribution in [2.24, 2.45) is 11.5 Å². The molecular weight excluding hydrogens is 835 g/mol. The number of hydrogen-bond acceptors (Lipinski definition) is 10. The molecule has 0 radical (unpaired) electrons. The Morgan fingerprint density at radius 3 is 0.815 bits per heavy atom. The number of nitrogens with one attached hydrogen (secondary N) is 7. The summed E-state index contributed by atoms with van der Waals surface area (Å²) in [7, 11) is 0. The van der Waals surface area contributed by atoms with Crippen LogP contribution in [-0.2, 0) is 38.4 Å². The van der Waals surface area contributed by atoms with Crippen LogP contribution in [0.25, 0.3) is 0 Å². The highest BCUT2D eigenvalue weighted by atomic mass is 16.4. The molecule has 0 saturated carbocycles. The molecule has 65 heavy (non-hydrogen) atoms. The molecule has 18 heteroatoms. The first-order valence-corrected chi connectivity index (χ1v) is 24.8. The zero-order valence-electron chi connectivity index (χ0n) is 40.8. The summed E-state index contributed by atoms with van der Waals surface area (Å²) in [4.78, 5) is 90.5. The highest BCUT2D eigenvalue weighted by Gasteiger charge is 2.09. The second kappa shape index (κ2) is 52.3. The predicted octanol–water partition coefficient (Wildman–Crippen LogP) is 4.37. The molecule has 7 amide bonds. The minimum absolute atomic E-state index is 0.0412. The molecule has 0 atom stereocenters. The minimum Gasteiger partial charge on any atom is -0.481 e. The molecule has 0 aliphatic carbocycles. The van der Waals surface area contributed by atoms with Gasteiger partial charge < -0.3 is 53.8 Å². The van der Waals surface area contributed by atoms with Gasteiger partial charge in [0.25, 0.3) is 0 Å². The van der Waals surface area contributed by atoms with Gasteiger partial charge in [0.15, 0.2) is 0 Å². The van der Waals surface area contributed by atoms with Gasteiger partial charge in [0.2, 0.25) is 41.4 Å². The molecule has 12 N–H and O–H groups in total. The lowest BCUT2D eigenvalue weighted by Crippen LogP contribution is -2.32. The molecule has 0 unspecified atom stereocenters. The normalized spacial score (nSPS) is 10.2. The lowest BCUT2D eigenvalue weighted by Gasteiger charge is -2.07. The number of carboxylic acid groups (broad SMARTS) is 1. The maximum atomic E-state index is 11.7. The van der Waals surface area contributed by atoms with E-state index >= 15 is 0 Å². The Labute approximate surface area is 391 Å². The van der Waals surface area contributed by atoms with Crippen LogP contribution in [0.2, 0.25) is 0 Å². The number of carbonyl (C=O) groups excluding carboxylic acids is 7. The van der Waals surface area contributed by atoms with Gasteiger partial charge in [0.05, 0.1) is 6.42 Å². The van der Waals surface area contributed by atoms with Crippen molar-refractivity contribution < 1.29 is 43.5 Å². The Hall–Kier alpha value is -4.32. The number of carboxylic acids is 1. The third kappa shape index (κ3) is 57.7. The average molecular weight is 928 g/mol. The number of amides is 7. The summed E-state index contributed by atoms with van der Waals surface area (Å²) in [6.07, 6.45) is 22.0. The van der Waals surface area contributed by atoms with Crippen molar-refractivity contribution in [3.8, 4) is 0 Å². The number of nitrogens with two attached hydrogens (primary N) is 2. The van der Waals surface area contributed by atoms with Crippen LogP contribution in [0.3, 0.4) is 0 Å². The van der Waals surface area contributed by atoms with E-state index in [1.807, 2.05) is 6.92 Å². The molecule has 18 nitrogen and oxygen atoms in total. The first kappa shape index (κ1) is 65.0. The monoisotopic (exact) mass is 928 g/mol. The van der Waals surface area contributed by atoms with Gasteiger partial charge in [0, 0.05) is 90.8 Å². The smallest absolute Gasteiger partial charge is 0.303 e. The molecular formula is C47H93N9O9. The highest BCUT2D eigenvalue weighted by Crippen LogP contribution is 2.03.